The molecule has 158 valence electrons. The maximum Gasteiger partial charge on any atom is 0.243 e. The number of hydrogen-bond donors (Lipinski definition) is 1. The number of rotatable bonds is 6. The van der Waals surface area contributed by atoms with Crippen LogP contribution in [0.4, 0.5) is 0 Å². The lowest BCUT2D eigenvalue weighted by molar-refractivity contribution is -0.147. The zero-order valence-corrected chi connectivity index (χ0v) is 17.7. The fourth-order valence-electron chi connectivity index (χ4n) is 4.12. The van der Waals surface area contributed by atoms with Crippen LogP contribution in [0.25, 0.3) is 0 Å². The molecule has 1 saturated carbocycles. The molecule has 29 heavy (non-hydrogen) atoms. The van der Waals surface area contributed by atoms with Crippen LogP contribution >= 0.6 is 0 Å². The van der Waals surface area contributed by atoms with Crippen molar-refractivity contribution in [2.75, 3.05) is 14.1 Å². The molecule has 0 radical (unpaired) electrons. The van der Waals surface area contributed by atoms with Gasteiger partial charge in [-0.05, 0) is 31.4 Å². The Labute approximate surface area is 171 Å². The van der Waals surface area contributed by atoms with Crippen LogP contribution in [0.15, 0.2) is 29.2 Å². The third-order valence-corrected chi connectivity index (χ3v) is 7.74. The number of hydrogen-bond acceptors (Lipinski definition) is 5. The Balaban J connectivity index is 1.72. The van der Waals surface area contributed by atoms with Gasteiger partial charge in [-0.1, -0.05) is 31.0 Å². The molecule has 1 saturated heterocycles. The van der Waals surface area contributed by atoms with Gasteiger partial charge in [0.15, 0.2) is 0 Å². The van der Waals surface area contributed by atoms with Crippen LogP contribution in [0.5, 0.6) is 0 Å². The van der Waals surface area contributed by atoms with Crippen molar-refractivity contribution < 1.29 is 22.8 Å². The molecule has 3 amide bonds. The van der Waals surface area contributed by atoms with Crippen LogP contribution in [0.2, 0.25) is 0 Å². The molecule has 0 aromatic heterocycles. The van der Waals surface area contributed by atoms with Crippen LogP contribution in [0.1, 0.15) is 38.2 Å². The molecule has 0 spiro atoms. The van der Waals surface area contributed by atoms with Crippen molar-refractivity contribution in [3.63, 3.8) is 0 Å². The molecule has 0 bridgehead atoms. The number of likely N-dealkylation sites (tertiary alicyclic amines) is 1. The van der Waals surface area contributed by atoms with Crippen molar-refractivity contribution in [2.45, 2.75) is 50.1 Å². The van der Waals surface area contributed by atoms with E-state index in [0.29, 0.717) is 18.4 Å². The van der Waals surface area contributed by atoms with E-state index in [-0.39, 0.29) is 35.1 Å². The van der Waals surface area contributed by atoms with Gasteiger partial charge < -0.3 is 5.32 Å². The summed E-state index contributed by atoms with van der Waals surface area (Å²) >= 11 is 0. The van der Waals surface area contributed by atoms with Crippen molar-refractivity contribution in [3.8, 4) is 0 Å². The zero-order valence-electron chi connectivity index (χ0n) is 16.9. The summed E-state index contributed by atoms with van der Waals surface area (Å²) in [5.41, 5.74) is 0.439. The molecule has 3 rings (SSSR count). The summed E-state index contributed by atoms with van der Waals surface area (Å²) in [6, 6.07) is 5.49. The highest BCUT2D eigenvalue weighted by atomic mass is 32.2. The molecule has 1 heterocycles. The third kappa shape index (κ3) is 3.93. The van der Waals surface area contributed by atoms with Gasteiger partial charge in [0, 0.05) is 20.6 Å². The number of fused-ring (bicyclic) bond motifs is 1. The number of nitrogens with zero attached hydrogens (tertiary/aromatic N) is 2. The molecule has 8 nitrogen and oxygen atoms in total. The number of amides is 3. The van der Waals surface area contributed by atoms with Gasteiger partial charge in [0.1, 0.15) is 6.04 Å². The van der Waals surface area contributed by atoms with Gasteiger partial charge in [-0.15, -0.1) is 0 Å². The maximum absolute atomic E-state index is 12.7. The SMILES string of the molecule is C[C@H](C(=O)NCc1ccccc1S(=O)(=O)N(C)C)N1C(=O)[C@@H]2CCCC[C@H]2C1=O. The molecule has 1 aliphatic heterocycles. The predicted molar refractivity (Wildman–Crippen MR) is 106 cm³/mol. The summed E-state index contributed by atoms with van der Waals surface area (Å²) in [5, 5.41) is 2.68. The van der Waals surface area contributed by atoms with E-state index in [1.807, 2.05) is 0 Å². The number of sulfonamides is 1. The van der Waals surface area contributed by atoms with Crippen molar-refractivity contribution >= 4 is 27.7 Å². The molecule has 1 aliphatic carbocycles. The first-order valence-corrected chi connectivity index (χ1v) is 11.2. The second-order valence-corrected chi connectivity index (χ2v) is 9.95. The summed E-state index contributed by atoms with van der Waals surface area (Å²) in [6.45, 7) is 1.51. The Morgan fingerprint density at radius 1 is 1.14 bits per heavy atom. The van der Waals surface area contributed by atoms with Gasteiger partial charge >= 0.3 is 0 Å². The van der Waals surface area contributed by atoms with Crippen molar-refractivity contribution in [2.24, 2.45) is 11.8 Å². The second-order valence-electron chi connectivity index (χ2n) is 7.83. The standard InChI is InChI=1S/C20H27N3O5S/c1-13(23-19(25)15-9-5-6-10-16(15)20(23)26)18(24)21-12-14-8-4-7-11-17(14)29(27,28)22(2)3/h4,7-8,11,13,15-16H,5-6,9-10,12H2,1-3H3,(H,21,24)/t13-,15-,16-/m1/s1. The minimum Gasteiger partial charge on any atom is -0.350 e. The van der Waals surface area contributed by atoms with E-state index in [1.54, 1.807) is 18.2 Å². The van der Waals surface area contributed by atoms with E-state index < -0.39 is 22.0 Å². The fourth-order valence-corrected chi connectivity index (χ4v) is 5.23. The number of carbonyl (C=O) groups is 3. The topological polar surface area (TPSA) is 104 Å². The van der Waals surface area contributed by atoms with Crippen LogP contribution in [0.3, 0.4) is 0 Å². The molecule has 2 aliphatic rings. The highest BCUT2D eigenvalue weighted by Crippen LogP contribution is 2.38. The Bertz CT molecular complexity index is 904. The number of benzene rings is 1. The first kappa shape index (κ1) is 21.4. The van der Waals surface area contributed by atoms with E-state index in [0.717, 1.165) is 22.0 Å². The highest BCUT2D eigenvalue weighted by Gasteiger charge is 2.50. The van der Waals surface area contributed by atoms with Crippen LogP contribution < -0.4 is 5.32 Å². The zero-order chi connectivity index (χ0) is 21.3. The molecular weight excluding hydrogens is 394 g/mol. The molecule has 2 fully saturated rings. The molecule has 1 aromatic carbocycles. The monoisotopic (exact) mass is 421 g/mol. The van der Waals surface area contributed by atoms with E-state index in [2.05, 4.69) is 5.32 Å². The van der Waals surface area contributed by atoms with Gasteiger partial charge in [0.25, 0.3) is 0 Å². The third-order valence-electron chi connectivity index (χ3n) is 5.83. The molecule has 1 N–H and O–H groups in total. The van der Waals surface area contributed by atoms with Crippen LogP contribution in [0, 0.1) is 11.8 Å². The first-order chi connectivity index (χ1) is 13.7. The number of carbonyl (C=O) groups excluding carboxylic acids is 3. The Morgan fingerprint density at radius 2 is 1.69 bits per heavy atom. The number of nitrogens with one attached hydrogen (secondary N) is 1. The van der Waals surface area contributed by atoms with Gasteiger partial charge in [-0.3, -0.25) is 19.3 Å². The maximum atomic E-state index is 12.7. The Hall–Kier alpha value is -2.26. The summed E-state index contributed by atoms with van der Waals surface area (Å²) < 4.78 is 26.1. The Kier molecular flexibility index (Phi) is 6.09. The largest absolute Gasteiger partial charge is 0.350 e. The molecule has 0 unspecified atom stereocenters. The van der Waals surface area contributed by atoms with E-state index >= 15 is 0 Å². The van der Waals surface area contributed by atoms with Crippen molar-refractivity contribution in [1.82, 2.24) is 14.5 Å². The van der Waals surface area contributed by atoms with Gasteiger partial charge in [-0.2, -0.15) is 0 Å². The van der Waals surface area contributed by atoms with E-state index in [1.165, 1.54) is 27.1 Å². The minimum atomic E-state index is -3.66. The van der Waals surface area contributed by atoms with Crippen LogP contribution in [-0.4, -0.2) is 55.5 Å². The lowest BCUT2D eigenvalue weighted by Gasteiger charge is -2.23. The molecular formula is C20H27N3O5S. The highest BCUT2D eigenvalue weighted by molar-refractivity contribution is 7.89. The molecule has 1 aromatic rings. The second kappa shape index (κ2) is 8.23. The summed E-state index contributed by atoms with van der Waals surface area (Å²) in [5.74, 6) is -1.63. The van der Waals surface area contributed by atoms with Gasteiger partial charge in [-0.25, -0.2) is 12.7 Å². The summed E-state index contributed by atoms with van der Waals surface area (Å²) in [7, 11) is -0.777. The average Bonchev–Trinajstić information content (AvgIpc) is 2.96. The minimum absolute atomic E-state index is 0.0184. The molecule has 3 atom stereocenters. The van der Waals surface area contributed by atoms with Crippen molar-refractivity contribution in [1.29, 1.82) is 0 Å². The first-order valence-electron chi connectivity index (χ1n) is 9.81. The van der Waals surface area contributed by atoms with E-state index in [9.17, 15) is 22.8 Å². The average molecular weight is 422 g/mol. The quantitative estimate of drug-likeness (QED) is 0.693. The summed E-state index contributed by atoms with van der Waals surface area (Å²) in [6.07, 6.45) is 3.23. The van der Waals surface area contributed by atoms with E-state index in [4.69, 9.17) is 0 Å². The number of imide groups is 1. The van der Waals surface area contributed by atoms with Gasteiger partial charge in [0.05, 0.1) is 16.7 Å². The fraction of sp³-hybridized carbons (Fsp3) is 0.550. The van der Waals surface area contributed by atoms with Crippen molar-refractivity contribution in [3.05, 3.63) is 29.8 Å². The molecule has 9 heteroatoms. The van der Waals surface area contributed by atoms with Crippen LogP contribution in [-0.2, 0) is 31.0 Å². The Morgan fingerprint density at radius 3 is 2.24 bits per heavy atom. The normalized spacial score (nSPS) is 23.2. The predicted octanol–water partition coefficient (Wildman–Crippen LogP) is 1.12. The lowest BCUT2D eigenvalue weighted by Crippen LogP contribution is -2.48. The smallest absolute Gasteiger partial charge is 0.243 e. The summed E-state index contributed by atoms with van der Waals surface area (Å²) in [4.78, 5) is 39.2. The van der Waals surface area contributed by atoms with Gasteiger partial charge in [0.2, 0.25) is 27.7 Å². The lowest BCUT2D eigenvalue weighted by atomic mass is 9.81.